The number of aromatic nitrogens is 2. The van der Waals surface area contributed by atoms with E-state index in [1.54, 1.807) is 12.3 Å². The maximum Gasteiger partial charge on any atom is 0.271 e. The SMILES string of the molecule is CNC1CCCN(c2cnc3cc([N+](=O)[O-])ccc3n2)C1.Cl. The summed E-state index contributed by atoms with van der Waals surface area (Å²) >= 11 is 0. The summed E-state index contributed by atoms with van der Waals surface area (Å²) in [6.07, 6.45) is 3.98. The van der Waals surface area contributed by atoms with Crippen LogP contribution in [0.5, 0.6) is 0 Å². The molecular formula is C14H18ClN5O2. The Morgan fingerprint density at radius 2 is 2.23 bits per heavy atom. The van der Waals surface area contributed by atoms with Crippen LogP contribution in [-0.4, -0.2) is 41.1 Å². The van der Waals surface area contributed by atoms with Crippen LogP contribution in [0.1, 0.15) is 12.8 Å². The van der Waals surface area contributed by atoms with E-state index in [9.17, 15) is 10.1 Å². The molecule has 2 aromatic rings. The van der Waals surface area contributed by atoms with Crippen LogP contribution in [0.4, 0.5) is 11.5 Å². The van der Waals surface area contributed by atoms with Gasteiger partial charge in [-0.05, 0) is 26.0 Å². The van der Waals surface area contributed by atoms with Crippen LogP contribution in [0.15, 0.2) is 24.4 Å². The zero-order valence-corrected chi connectivity index (χ0v) is 13.0. The number of piperidine rings is 1. The molecule has 1 N–H and O–H groups in total. The van der Waals surface area contributed by atoms with Crippen LogP contribution >= 0.6 is 12.4 Å². The fourth-order valence-corrected chi connectivity index (χ4v) is 2.68. The predicted octanol–water partition coefficient (Wildman–Crippen LogP) is 2.15. The second kappa shape index (κ2) is 6.85. The molecule has 1 aromatic heterocycles. The van der Waals surface area contributed by atoms with Crippen LogP contribution in [0.3, 0.4) is 0 Å². The maximum atomic E-state index is 10.8. The third kappa shape index (κ3) is 3.26. The molecule has 1 saturated heterocycles. The highest BCUT2D eigenvalue weighted by atomic mass is 35.5. The average molecular weight is 324 g/mol. The Morgan fingerprint density at radius 3 is 2.95 bits per heavy atom. The summed E-state index contributed by atoms with van der Waals surface area (Å²) in [5.41, 5.74) is 1.28. The number of anilines is 1. The molecule has 0 radical (unpaired) electrons. The molecule has 118 valence electrons. The Labute approximate surface area is 134 Å². The first-order chi connectivity index (χ1) is 10.2. The highest BCUT2D eigenvalue weighted by molar-refractivity contribution is 5.85. The molecule has 0 aliphatic carbocycles. The van der Waals surface area contributed by atoms with Crippen molar-refractivity contribution < 1.29 is 4.92 Å². The number of fused-ring (bicyclic) bond motifs is 1. The third-order valence-electron chi connectivity index (χ3n) is 3.88. The molecule has 0 bridgehead atoms. The number of benzene rings is 1. The van der Waals surface area contributed by atoms with Crippen molar-refractivity contribution >= 4 is 34.9 Å². The Bertz CT molecular complexity index is 681. The van der Waals surface area contributed by atoms with E-state index in [0.29, 0.717) is 17.1 Å². The van der Waals surface area contributed by atoms with Gasteiger partial charge in [0.05, 0.1) is 22.2 Å². The number of nitrogens with one attached hydrogen (secondary N) is 1. The number of rotatable bonds is 3. The fourth-order valence-electron chi connectivity index (χ4n) is 2.68. The molecule has 3 rings (SSSR count). The van der Waals surface area contributed by atoms with Gasteiger partial charge in [-0.1, -0.05) is 0 Å². The highest BCUT2D eigenvalue weighted by Gasteiger charge is 2.20. The number of nitro benzene ring substituents is 1. The summed E-state index contributed by atoms with van der Waals surface area (Å²) < 4.78 is 0. The molecule has 1 aliphatic rings. The number of non-ortho nitro benzene ring substituents is 1. The van der Waals surface area contributed by atoms with Gasteiger partial charge in [-0.2, -0.15) is 0 Å². The van der Waals surface area contributed by atoms with E-state index in [1.165, 1.54) is 18.6 Å². The van der Waals surface area contributed by atoms with E-state index in [4.69, 9.17) is 0 Å². The molecule has 1 aliphatic heterocycles. The van der Waals surface area contributed by atoms with Crippen molar-refractivity contribution in [2.24, 2.45) is 0 Å². The van der Waals surface area contributed by atoms with E-state index in [0.717, 1.165) is 25.3 Å². The van der Waals surface area contributed by atoms with Crippen LogP contribution in [0.25, 0.3) is 11.0 Å². The fraction of sp³-hybridized carbons (Fsp3) is 0.429. The van der Waals surface area contributed by atoms with Crippen LogP contribution in [0.2, 0.25) is 0 Å². The largest absolute Gasteiger partial charge is 0.354 e. The number of nitro groups is 1. The molecule has 22 heavy (non-hydrogen) atoms. The molecule has 1 unspecified atom stereocenters. The molecule has 0 spiro atoms. The minimum absolute atomic E-state index is 0. The van der Waals surface area contributed by atoms with Gasteiger partial charge < -0.3 is 10.2 Å². The maximum absolute atomic E-state index is 10.8. The van der Waals surface area contributed by atoms with Crippen molar-refractivity contribution in [3.05, 3.63) is 34.5 Å². The molecule has 7 nitrogen and oxygen atoms in total. The van der Waals surface area contributed by atoms with E-state index in [1.807, 2.05) is 7.05 Å². The summed E-state index contributed by atoms with van der Waals surface area (Å²) in [6.45, 7) is 1.87. The lowest BCUT2D eigenvalue weighted by Gasteiger charge is -2.33. The molecule has 1 fully saturated rings. The second-order valence-corrected chi connectivity index (χ2v) is 5.23. The lowest BCUT2D eigenvalue weighted by molar-refractivity contribution is -0.384. The van der Waals surface area contributed by atoms with E-state index in [-0.39, 0.29) is 18.1 Å². The van der Waals surface area contributed by atoms with Gasteiger partial charge in [0.15, 0.2) is 0 Å². The molecule has 1 aromatic carbocycles. The molecule has 1 atom stereocenters. The zero-order chi connectivity index (χ0) is 14.8. The summed E-state index contributed by atoms with van der Waals surface area (Å²) in [5, 5.41) is 14.1. The number of nitrogens with zero attached hydrogens (tertiary/aromatic N) is 4. The van der Waals surface area contributed by atoms with Crippen LogP contribution in [-0.2, 0) is 0 Å². The average Bonchev–Trinajstić information content (AvgIpc) is 2.53. The Balaban J connectivity index is 0.00000176. The van der Waals surface area contributed by atoms with Crippen molar-refractivity contribution in [3.63, 3.8) is 0 Å². The summed E-state index contributed by atoms with van der Waals surface area (Å²) in [4.78, 5) is 21.5. The third-order valence-corrected chi connectivity index (χ3v) is 3.88. The molecule has 8 heteroatoms. The quantitative estimate of drug-likeness (QED) is 0.688. The van der Waals surface area contributed by atoms with Gasteiger partial charge >= 0.3 is 0 Å². The normalized spacial score (nSPS) is 18.0. The van der Waals surface area contributed by atoms with Crippen LogP contribution < -0.4 is 10.2 Å². The van der Waals surface area contributed by atoms with Gasteiger partial charge in [0.25, 0.3) is 5.69 Å². The summed E-state index contributed by atoms with van der Waals surface area (Å²) in [6, 6.07) is 5.04. The monoisotopic (exact) mass is 323 g/mol. The lowest BCUT2D eigenvalue weighted by atomic mass is 10.1. The molecule has 0 amide bonds. The molecule has 2 heterocycles. The van der Waals surface area contributed by atoms with Crippen molar-refractivity contribution in [2.75, 3.05) is 25.0 Å². The molecular weight excluding hydrogens is 306 g/mol. The minimum Gasteiger partial charge on any atom is -0.354 e. The smallest absolute Gasteiger partial charge is 0.271 e. The van der Waals surface area contributed by atoms with E-state index < -0.39 is 4.92 Å². The van der Waals surface area contributed by atoms with E-state index in [2.05, 4.69) is 20.2 Å². The first kappa shape index (κ1) is 16.4. The predicted molar refractivity (Wildman–Crippen MR) is 87.7 cm³/mol. The van der Waals surface area contributed by atoms with E-state index >= 15 is 0 Å². The van der Waals surface area contributed by atoms with Gasteiger partial charge in [0, 0.05) is 31.3 Å². The molecule has 0 saturated carbocycles. The van der Waals surface area contributed by atoms with Gasteiger partial charge in [-0.3, -0.25) is 15.1 Å². The Morgan fingerprint density at radius 1 is 1.41 bits per heavy atom. The van der Waals surface area contributed by atoms with Gasteiger partial charge in [-0.25, -0.2) is 4.98 Å². The van der Waals surface area contributed by atoms with Gasteiger partial charge in [-0.15, -0.1) is 12.4 Å². The van der Waals surface area contributed by atoms with Crippen molar-refractivity contribution in [3.8, 4) is 0 Å². The summed E-state index contributed by atoms with van der Waals surface area (Å²) in [7, 11) is 1.97. The van der Waals surface area contributed by atoms with Gasteiger partial charge in [0.2, 0.25) is 0 Å². The highest BCUT2D eigenvalue weighted by Crippen LogP contribution is 2.22. The van der Waals surface area contributed by atoms with Gasteiger partial charge in [0.1, 0.15) is 5.82 Å². The number of halogens is 1. The number of hydrogen-bond acceptors (Lipinski definition) is 6. The Hall–Kier alpha value is -1.99. The minimum atomic E-state index is -0.419. The van der Waals surface area contributed by atoms with Crippen molar-refractivity contribution in [2.45, 2.75) is 18.9 Å². The number of likely N-dealkylation sites (N-methyl/N-ethyl adjacent to an activating group) is 1. The van der Waals surface area contributed by atoms with Crippen molar-refractivity contribution in [1.82, 2.24) is 15.3 Å². The Kier molecular flexibility index (Phi) is 5.10. The zero-order valence-electron chi connectivity index (χ0n) is 12.2. The first-order valence-electron chi connectivity index (χ1n) is 7.01. The summed E-state index contributed by atoms with van der Waals surface area (Å²) in [5.74, 6) is 0.830. The second-order valence-electron chi connectivity index (χ2n) is 5.23. The topological polar surface area (TPSA) is 84.2 Å². The first-order valence-corrected chi connectivity index (χ1v) is 7.01. The standard InChI is InChI=1S/C14H17N5O2.ClH/c1-15-10-3-2-6-18(9-10)14-8-16-13-7-11(19(20)21)4-5-12(13)17-14;/h4-5,7-8,10,15H,2-3,6,9H2,1H3;1H. The van der Waals surface area contributed by atoms with Crippen molar-refractivity contribution in [1.29, 1.82) is 0 Å². The van der Waals surface area contributed by atoms with Crippen LogP contribution in [0, 0.1) is 10.1 Å². The lowest BCUT2D eigenvalue weighted by Crippen LogP contribution is -2.44. The number of hydrogen-bond donors (Lipinski definition) is 1.